The second-order valence-corrected chi connectivity index (χ2v) is 4.82. The van der Waals surface area contributed by atoms with E-state index in [0.29, 0.717) is 6.54 Å². The van der Waals surface area contributed by atoms with Crippen LogP contribution < -0.4 is 0 Å². The fourth-order valence-electron chi connectivity index (χ4n) is 2.31. The van der Waals surface area contributed by atoms with Gasteiger partial charge in [-0.05, 0) is 25.0 Å². The lowest BCUT2D eigenvalue weighted by atomic mass is 9.98. The zero-order valence-corrected chi connectivity index (χ0v) is 10.7. The Morgan fingerprint density at radius 2 is 2.00 bits per heavy atom. The van der Waals surface area contributed by atoms with E-state index in [2.05, 4.69) is 0 Å². The first-order valence-corrected chi connectivity index (χ1v) is 6.26. The summed E-state index contributed by atoms with van der Waals surface area (Å²) in [4.78, 5) is 25.2. The number of rotatable bonds is 3. The Kier molecular flexibility index (Phi) is 3.93. The average Bonchev–Trinajstić information content (AvgIpc) is 2.35. The van der Waals surface area contributed by atoms with Gasteiger partial charge in [0.05, 0.1) is 12.1 Å². The molecular formula is C14H15F2NO2. The summed E-state index contributed by atoms with van der Waals surface area (Å²) in [6.45, 7) is 1.99. The summed E-state index contributed by atoms with van der Waals surface area (Å²) in [5.41, 5.74) is -0.562. The highest BCUT2D eigenvalue weighted by Crippen LogP contribution is 2.19. The first kappa shape index (κ1) is 13.6. The number of carbonyl (C=O) groups excluding carboxylic acids is 2. The molecule has 0 aliphatic carbocycles. The van der Waals surface area contributed by atoms with Crippen LogP contribution in [0, 0.1) is 17.6 Å². The number of benzene rings is 1. The van der Waals surface area contributed by atoms with Gasteiger partial charge in [-0.15, -0.1) is 0 Å². The predicted octanol–water partition coefficient (Wildman–Crippen LogP) is 2.41. The molecule has 0 saturated carbocycles. The largest absolute Gasteiger partial charge is 0.335 e. The fraction of sp³-hybridized carbons (Fsp3) is 0.429. The number of halogens is 2. The van der Waals surface area contributed by atoms with E-state index in [1.165, 1.54) is 11.0 Å². The number of nitrogens with zero attached hydrogens (tertiary/aromatic N) is 1. The number of likely N-dealkylation sites (tertiary alicyclic amines) is 1. The normalized spacial score (nSPS) is 19.6. The third kappa shape index (κ3) is 2.80. The molecule has 1 aliphatic rings. The lowest BCUT2D eigenvalue weighted by Gasteiger charge is -2.30. The van der Waals surface area contributed by atoms with E-state index in [9.17, 15) is 18.4 Å². The summed E-state index contributed by atoms with van der Waals surface area (Å²) in [5.74, 6) is -2.73. The maximum atomic E-state index is 13.5. The zero-order valence-electron chi connectivity index (χ0n) is 10.7. The van der Waals surface area contributed by atoms with Crippen molar-refractivity contribution in [1.29, 1.82) is 0 Å². The molecule has 1 aliphatic heterocycles. The summed E-state index contributed by atoms with van der Waals surface area (Å²) >= 11 is 0. The van der Waals surface area contributed by atoms with Gasteiger partial charge in [0.15, 0.2) is 5.78 Å². The van der Waals surface area contributed by atoms with Gasteiger partial charge in [0.2, 0.25) is 5.91 Å². The lowest BCUT2D eigenvalue weighted by Crippen LogP contribution is -2.43. The molecule has 1 heterocycles. The molecule has 5 heteroatoms. The van der Waals surface area contributed by atoms with Gasteiger partial charge < -0.3 is 4.90 Å². The maximum Gasteiger partial charge on any atom is 0.225 e. The Labute approximate surface area is 110 Å². The SMILES string of the molecule is CC1CCCN(CC(=O)c2c(F)cccc2F)C1=O. The quantitative estimate of drug-likeness (QED) is 0.789. The van der Waals surface area contributed by atoms with Crippen LogP contribution in [0.2, 0.25) is 0 Å². The number of piperidine rings is 1. The minimum absolute atomic E-state index is 0.128. The molecule has 1 aromatic carbocycles. The second-order valence-electron chi connectivity index (χ2n) is 4.82. The van der Waals surface area contributed by atoms with Gasteiger partial charge in [-0.3, -0.25) is 9.59 Å². The van der Waals surface area contributed by atoms with Crippen LogP contribution in [0.3, 0.4) is 0 Å². The second kappa shape index (κ2) is 5.47. The van der Waals surface area contributed by atoms with E-state index in [0.717, 1.165) is 25.0 Å². The lowest BCUT2D eigenvalue weighted by molar-refractivity contribution is -0.137. The van der Waals surface area contributed by atoms with Gasteiger partial charge in [-0.2, -0.15) is 0 Å². The molecule has 1 atom stereocenters. The molecule has 1 unspecified atom stereocenters. The molecule has 1 amide bonds. The molecular weight excluding hydrogens is 252 g/mol. The van der Waals surface area contributed by atoms with Gasteiger partial charge in [0, 0.05) is 12.5 Å². The molecule has 0 radical (unpaired) electrons. The predicted molar refractivity (Wildman–Crippen MR) is 65.7 cm³/mol. The highest BCUT2D eigenvalue weighted by Gasteiger charge is 2.28. The van der Waals surface area contributed by atoms with E-state index in [-0.39, 0.29) is 18.4 Å². The summed E-state index contributed by atoms with van der Waals surface area (Å²) in [7, 11) is 0. The number of amides is 1. The third-order valence-electron chi connectivity index (χ3n) is 3.37. The van der Waals surface area contributed by atoms with Gasteiger partial charge in [-0.25, -0.2) is 8.78 Å². The molecule has 0 bridgehead atoms. The van der Waals surface area contributed by atoms with Crippen LogP contribution in [0.4, 0.5) is 8.78 Å². The standard InChI is InChI=1S/C14H15F2NO2/c1-9-4-3-7-17(14(9)19)8-12(18)13-10(15)5-2-6-11(13)16/h2,5-6,9H,3-4,7-8H2,1H3. The summed E-state index contributed by atoms with van der Waals surface area (Å²) in [6, 6.07) is 3.28. The average molecular weight is 267 g/mol. The Balaban J connectivity index is 2.15. The minimum Gasteiger partial charge on any atom is -0.335 e. The molecule has 3 nitrogen and oxygen atoms in total. The van der Waals surface area contributed by atoms with E-state index in [4.69, 9.17) is 0 Å². The topological polar surface area (TPSA) is 37.4 Å². The van der Waals surface area contributed by atoms with Crippen LogP contribution in [-0.4, -0.2) is 29.7 Å². The molecule has 1 saturated heterocycles. The van der Waals surface area contributed by atoms with E-state index in [1.54, 1.807) is 6.92 Å². The zero-order chi connectivity index (χ0) is 14.0. The number of carbonyl (C=O) groups is 2. The summed E-state index contributed by atoms with van der Waals surface area (Å²) in [6.07, 6.45) is 1.59. The number of Topliss-reactive ketones (excluding diaryl/α,β-unsaturated/α-hetero) is 1. The molecule has 0 N–H and O–H groups in total. The van der Waals surface area contributed by atoms with Gasteiger partial charge in [0.25, 0.3) is 0 Å². The van der Waals surface area contributed by atoms with Crippen LogP contribution >= 0.6 is 0 Å². The third-order valence-corrected chi connectivity index (χ3v) is 3.37. The minimum atomic E-state index is -0.887. The van der Waals surface area contributed by atoms with Crippen molar-refractivity contribution >= 4 is 11.7 Å². The Morgan fingerprint density at radius 1 is 1.37 bits per heavy atom. The molecule has 0 aromatic heterocycles. The number of hydrogen-bond donors (Lipinski definition) is 0. The Hall–Kier alpha value is -1.78. The maximum absolute atomic E-state index is 13.5. The molecule has 19 heavy (non-hydrogen) atoms. The molecule has 1 fully saturated rings. The van der Waals surface area contributed by atoms with E-state index in [1.807, 2.05) is 0 Å². The molecule has 0 spiro atoms. The summed E-state index contributed by atoms with van der Waals surface area (Å²) < 4.78 is 26.9. The van der Waals surface area contributed by atoms with Crippen LogP contribution in [0.5, 0.6) is 0 Å². The van der Waals surface area contributed by atoms with Gasteiger partial charge in [-0.1, -0.05) is 13.0 Å². The van der Waals surface area contributed by atoms with E-state index >= 15 is 0 Å². The van der Waals surface area contributed by atoms with Crippen LogP contribution in [-0.2, 0) is 4.79 Å². The Morgan fingerprint density at radius 3 is 2.63 bits per heavy atom. The van der Waals surface area contributed by atoms with Crippen molar-refractivity contribution in [2.45, 2.75) is 19.8 Å². The number of hydrogen-bond acceptors (Lipinski definition) is 2. The van der Waals surface area contributed by atoms with Crippen LogP contribution in [0.25, 0.3) is 0 Å². The van der Waals surface area contributed by atoms with Crippen molar-refractivity contribution in [3.05, 3.63) is 35.4 Å². The number of ketones is 1. The highest BCUT2D eigenvalue weighted by atomic mass is 19.1. The fourth-order valence-corrected chi connectivity index (χ4v) is 2.31. The van der Waals surface area contributed by atoms with Crippen molar-refractivity contribution in [1.82, 2.24) is 4.90 Å². The van der Waals surface area contributed by atoms with Crippen molar-refractivity contribution in [2.24, 2.45) is 5.92 Å². The smallest absolute Gasteiger partial charge is 0.225 e. The van der Waals surface area contributed by atoms with Crippen molar-refractivity contribution in [3.8, 4) is 0 Å². The van der Waals surface area contributed by atoms with Crippen molar-refractivity contribution < 1.29 is 18.4 Å². The van der Waals surface area contributed by atoms with Crippen molar-refractivity contribution in [2.75, 3.05) is 13.1 Å². The summed E-state index contributed by atoms with van der Waals surface area (Å²) in [5, 5.41) is 0. The Bertz CT molecular complexity index is 496. The van der Waals surface area contributed by atoms with Crippen molar-refractivity contribution in [3.63, 3.8) is 0 Å². The first-order chi connectivity index (χ1) is 9.00. The van der Waals surface area contributed by atoms with Crippen LogP contribution in [0.1, 0.15) is 30.1 Å². The molecule has 1 aromatic rings. The first-order valence-electron chi connectivity index (χ1n) is 6.26. The van der Waals surface area contributed by atoms with E-state index < -0.39 is 23.0 Å². The monoisotopic (exact) mass is 267 g/mol. The van der Waals surface area contributed by atoms with Gasteiger partial charge >= 0.3 is 0 Å². The molecule has 102 valence electrons. The van der Waals surface area contributed by atoms with Crippen LogP contribution in [0.15, 0.2) is 18.2 Å². The van der Waals surface area contributed by atoms with Gasteiger partial charge in [0.1, 0.15) is 11.6 Å². The molecule has 2 rings (SSSR count). The highest BCUT2D eigenvalue weighted by molar-refractivity contribution is 6.00.